The summed E-state index contributed by atoms with van der Waals surface area (Å²) in [6.07, 6.45) is 0.898. The Morgan fingerprint density at radius 1 is 1.67 bits per heavy atom. The minimum Gasteiger partial charge on any atom is -0.360 e. The zero-order chi connectivity index (χ0) is 6.69. The van der Waals surface area contributed by atoms with Crippen LogP contribution in [0.3, 0.4) is 0 Å². The number of nitrogens with zero attached hydrogens (tertiary/aromatic N) is 1. The van der Waals surface area contributed by atoms with Crippen LogP contribution < -0.4 is 0 Å². The van der Waals surface area contributed by atoms with E-state index in [2.05, 4.69) is 4.98 Å². The first-order valence-corrected chi connectivity index (χ1v) is 2.53. The van der Waals surface area contributed by atoms with Crippen molar-refractivity contribution < 1.29 is 9.50 Å². The molecule has 1 aromatic rings. The Morgan fingerprint density at radius 3 is 2.78 bits per heavy atom. The maximum Gasteiger partial charge on any atom is 0.224 e. The lowest BCUT2D eigenvalue weighted by atomic mass is 10.3. The van der Waals surface area contributed by atoms with E-state index >= 15 is 0 Å². The second-order valence-corrected chi connectivity index (χ2v) is 1.62. The number of halogens is 1. The molecule has 0 aliphatic rings. The van der Waals surface area contributed by atoms with Gasteiger partial charge in [0.2, 0.25) is 6.36 Å². The lowest BCUT2D eigenvalue weighted by molar-refractivity contribution is 0.0408. The zero-order valence-corrected chi connectivity index (χ0v) is 4.66. The third-order valence-electron chi connectivity index (χ3n) is 0.959. The predicted molar refractivity (Wildman–Crippen MR) is 30.3 cm³/mol. The van der Waals surface area contributed by atoms with Gasteiger partial charge in [0.15, 0.2) is 0 Å². The Hall–Kier alpha value is -0.960. The molecular weight excluding hydrogens is 121 g/mol. The smallest absolute Gasteiger partial charge is 0.224 e. The fraction of sp³-hybridized carbons (Fsp3) is 0.167. The number of aliphatic hydroxyl groups excluding tert-OH is 1. The van der Waals surface area contributed by atoms with Crippen molar-refractivity contribution in [3.8, 4) is 0 Å². The summed E-state index contributed by atoms with van der Waals surface area (Å²) in [6.45, 7) is 0. The summed E-state index contributed by atoms with van der Waals surface area (Å²) in [7, 11) is 0. The van der Waals surface area contributed by atoms with Crippen molar-refractivity contribution in [2.75, 3.05) is 0 Å². The average Bonchev–Trinajstić information content (AvgIpc) is 1.90. The van der Waals surface area contributed by atoms with Crippen molar-refractivity contribution in [3.05, 3.63) is 30.1 Å². The second-order valence-electron chi connectivity index (χ2n) is 1.62. The molecule has 1 aromatic heterocycles. The molecule has 0 bridgehead atoms. The number of hydrogen-bond acceptors (Lipinski definition) is 2. The number of alkyl halides is 1. The summed E-state index contributed by atoms with van der Waals surface area (Å²) in [5.41, 5.74) is 0.192. The van der Waals surface area contributed by atoms with Gasteiger partial charge in [-0.25, -0.2) is 4.39 Å². The first-order chi connectivity index (χ1) is 4.30. The molecule has 0 amide bonds. The highest BCUT2D eigenvalue weighted by Crippen LogP contribution is 2.09. The molecule has 0 aromatic carbocycles. The fourth-order valence-electron chi connectivity index (χ4n) is 0.517. The Kier molecular flexibility index (Phi) is 1.75. The molecule has 0 saturated carbocycles. The van der Waals surface area contributed by atoms with Gasteiger partial charge in [-0.1, -0.05) is 6.07 Å². The molecule has 0 spiro atoms. The molecule has 1 N–H and O–H groups in total. The second kappa shape index (κ2) is 2.55. The normalized spacial score (nSPS) is 13.1. The molecule has 9 heavy (non-hydrogen) atoms. The molecule has 0 aliphatic carbocycles. The van der Waals surface area contributed by atoms with Crippen molar-refractivity contribution in [1.29, 1.82) is 0 Å². The molecule has 1 atom stereocenters. The molecule has 1 heterocycles. The van der Waals surface area contributed by atoms with Gasteiger partial charge in [0.25, 0.3) is 0 Å². The van der Waals surface area contributed by atoms with E-state index in [4.69, 9.17) is 5.11 Å². The van der Waals surface area contributed by atoms with Gasteiger partial charge in [0, 0.05) is 18.0 Å². The molecule has 1 rings (SSSR count). The number of aromatic nitrogens is 1. The highest BCUT2D eigenvalue weighted by atomic mass is 19.1. The van der Waals surface area contributed by atoms with Crippen molar-refractivity contribution in [3.63, 3.8) is 0 Å². The highest BCUT2D eigenvalue weighted by Gasteiger charge is 2.00. The van der Waals surface area contributed by atoms with Crippen LogP contribution in [-0.4, -0.2) is 10.1 Å². The van der Waals surface area contributed by atoms with Gasteiger partial charge in [-0.15, -0.1) is 0 Å². The molecular formula is C6H6FNO. The number of rotatable bonds is 1. The third kappa shape index (κ3) is 1.47. The highest BCUT2D eigenvalue weighted by molar-refractivity contribution is 5.08. The lowest BCUT2D eigenvalue weighted by Crippen LogP contribution is -1.87. The number of aliphatic hydroxyl groups is 1. The SMILES string of the molecule is OC(F)c1cccnc1. The van der Waals surface area contributed by atoms with E-state index in [0.717, 1.165) is 0 Å². The van der Waals surface area contributed by atoms with E-state index in [1.54, 1.807) is 6.07 Å². The Balaban J connectivity index is 2.85. The standard InChI is InChI=1S/C6H6FNO/c7-6(9)5-2-1-3-8-4-5/h1-4,6,9H. The van der Waals surface area contributed by atoms with Crippen molar-refractivity contribution in [1.82, 2.24) is 4.98 Å². The fourth-order valence-corrected chi connectivity index (χ4v) is 0.517. The topological polar surface area (TPSA) is 33.1 Å². The molecule has 0 saturated heterocycles. The minimum absolute atomic E-state index is 0.192. The van der Waals surface area contributed by atoms with Crippen LogP contribution in [0.1, 0.15) is 11.9 Å². The summed E-state index contributed by atoms with van der Waals surface area (Å²) in [6, 6.07) is 3.04. The summed E-state index contributed by atoms with van der Waals surface area (Å²) < 4.78 is 11.9. The summed E-state index contributed by atoms with van der Waals surface area (Å²) in [5, 5.41) is 8.32. The van der Waals surface area contributed by atoms with Crippen molar-refractivity contribution in [2.45, 2.75) is 6.36 Å². The van der Waals surface area contributed by atoms with Crippen LogP contribution in [0, 0.1) is 0 Å². The number of hydrogen-bond donors (Lipinski definition) is 1. The van der Waals surface area contributed by atoms with Crippen LogP contribution in [0.5, 0.6) is 0 Å². The number of pyridine rings is 1. The minimum atomic E-state index is -1.90. The van der Waals surface area contributed by atoms with Crippen LogP contribution in [0.2, 0.25) is 0 Å². The summed E-state index contributed by atoms with van der Waals surface area (Å²) >= 11 is 0. The Bertz CT molecular complexity index is 176. The monoisotopic (exact) mass is 127 g/mol. The van der Waals surface area contributed by atoms with Crippen LogP contribution in [0.4, 0.5) is 4.39 Å². The van der Waals surface area contributed by atoms with Crippen LogP contribution in [0.25, 0.3) is 0 Å². The van der Waals surface area contributed by atoms with Gasteiger partial charge in [0.05, 0.1) is 0 Å². The first kappa shape index (κ1) is 6.16. The van der Waals surface area contributed by atoms with Crippen molar-refractivity contribution >= 4 is 0 Å². The summed E-state index contributed by atoms with van der Waals surface area (Å²) in [5.74, 6) is 0. The summed E-state index contributed by atoms with van der Waals surface area (Å²) in [4.78, 5) is 3.61. The van der Waals surface area contributed by atoms with Gasteiger partial charge in [0.1, 0.15) is 0 Å². The predicted octanol–water partition coefficient (Wildman–Crippen LogP) is 1.04. The van der Waals surface area contributed by atoms with E-state index in [9.17, 15) is 4.39 Å². The lowest BCUT2D eigenvalue weighted by Gasteiger charge is -1.96. The molecule has 2 nitrogen and oxygen atoms in total. The van der Waals surface area contributed by atoms with Gasteiger partial charge >= 0.3 is 0 Å². The van der Waals surface area contributed by atoms with Gasteiger partial charge in [-0.2, -0.15) is 0 Å². The zero-order valence-electron chi connectivity index (χ0n) is 4.66. The Morgan fingerprint density at radius 2 is 2.44 bits per heavy atom. The molecule has 0 aliphatic heterocycles. The molecule has 0 radical (unpaired) electrons. The first-order valence-electron chi connectivity index (χ1n) is 2.53. The maximum atomic E-state index is 11.9. The molecule has 1 unspecified atom stereocenters. The van der Waals surface area contributed by atoms with Gasteiger partial charge < -0.3 is 5.11 Å². The largest absolute Gasteiger partial charge is 0.360 e. The van der Waals surface area contributed by atoms with Crippen LogP contribution in [0.15, 0.2) is 24.5 Å². The molecule has 48 valence electrons. The van der Waals surface area contributed by atoms with Crippen LogP contribution >= 0.6 is 0 Å². The van der Waals surface area contributed by atoms with E-state index in [0.29, 0.717) is 0 Å². The molecule has 0 fully saturated rings. The van der Waals surface area contributed by atoms with E-state index in [1.807, 2.05) is 0 Å². The van der Waals surface area contributed by atoms with Crippen molar-refractivity contribution in [2.24, 2.45) is 0 Å². The third-order valence-corrected chi connectivity index (χ3v) is 0.959. The Labute approximate surface area is 52.0 Å². The van der Waals surface area contributed by atoms with E-state index < -0.39 is 6.36 Å². The average molecular weight is 127 g/mol. The quantitative estimate of drug-likeness (QED) is 0.611. The molecule has 3 heteroatoms. The maximum absolute atomic E-state index is 11.9. The van der Waals surface area contributed by atoms with E-state index in [-0.39, 0.29) is 5.56 Å². The van der Waals surface area contributed by atoms with E-state index in [1.165, 1.54) is 18.5 Å². The van der Waals surface area contributed by atoms with Crippen LogP contribution in [-0.2, 0) is 0 Å². The van der Waals surface area contributed by atoms with Gasteiger partial charge in [-0.3, -0.25) is 4.98 Å². The van der Waals surface area contributed by atoms with Gasteiger partial charge in [-0.05, 0) is 6.07 Å².